The highest BCUT2D eigenvalue weighted by atomic mass is 32.2. The van der Waals surface area contributed by atoms with Crippen molar-refractivity contribution in [1.29, 1.82) is 0 Å². The van der Waals surface area contributed by atoms with Crippen LogP contribution in [0.4, 0.5) is 23.3 Å². The van der Waals surface area contributed by atoms with Crippen LogP contribution in [-0.4, -0.2) is 51.6 Å². The van der Waals surface area contributed by atoms with Crippen molar-refractivity contribution in [3.63, 3.8) is 0 Å². The molecule has 14 nitrogen and oxygen atoms in total. The molecule has 0 amide bonds. The third kappa shape index (κ3) is 7.60. The molecule has 4 rings (SSSR count). The molecule has 16 heteroatoms. The SMILES string of the molecule is Cc1nc(C)nc(Nc2ccc(C=Cc3ccc(Nc4nc(C)nc(C)n4)cc3S(=O)(=O)O)c(OS(=O)O)c2)n1. The zero-order chi connectivity index (χ0) is 29.0. The molecular formula is C24H24N8O6S2. The van der Waals surface area contributed by atoms with E-state index in [4.69, 9.17) is 4.18 Å². The molecule has 0 aliphatic heterocycles. The Morgan fingerprint density at radius 3 is 1.68 bits per heavy atom. The Kier molecular flexibility index (Phi) is 8.43. The fraction of sp³-hybridized carbons (Fsp3) is 0.167. The molecule has 0 spiro atoms. The summed E-state index contributed by atoms with van der Waals surface area (Å²) in [7, 11) is -4.64. The van der Waals surface area contributed by atoms with Gasteiger partial charge in [0.1, 0.15) is 28.2 Å². The fourth-order valence-corrected chi connectivity index (χ4v) is 4.66. The molecule has 1 atom stereocenters. The molecule has 1 unspecified atom stereocenters. The summed E-state index contributed by atoms with van der Waals surface area (Å²) in [5.74, 6) is 2.48. The third-order valence-electron chi connectivity index (χ3n) is 5.14. The molecule has 2 aromatic carbocycles. The number of rotatable bonds is 9. The van der Waals surface area contributed by atoms with E-state index in [0.29, 0.717) is 40.2 Å². The summed E-state index contributed by atoms with van der Waals surface area (Å²) in [5.41, 5.74) is 1.26. The summed E-state index contributed by atoms with van der Waals surface area (Å²) < 4.78 is 60.1. The molecule has 0 aliphatic carbocycles. The summed E-state index contributed by atoms with van der Waals surface area (Å²) >= 11 is -2.64. The largest absolute Gasteiger partial charge is 0.379 e. The molecule has 0 saturated heterocycles. The number of nitrogens with one attached hydrogen (secondary N) is 2. The van der Waals surface area contributed by atoms with Crippen molar-refractivity contribution in [2.75, 3.05) is 10.6 Å². The minimum absolute atomic E-state index is 0.0110. The van der Waals surface area contributed by atoms with Gasteiger partial charge < -0.3 is 14.8 Å². The third-order valence-corrected chi connectivity index (χ3v) is 6.37. The summed E-state index contributed by atoms with van der Waals surface area (Å²) in [6, 6.07) is 8.96. The minimum Gasteiger partial charge on any atom is -0.379 e. The van der Waals surface area contributed by atoms with Gasteiger partial charge in [0.05, 0.1) is 0 Å². The molecule has 0 radical (unpaired) electrons. The Balaban J connectivity index is 1.66. The first-order valence-corrected chi connectivity index (χ1v) is 14.0. The quantitative estimate of drug-likeness (QED) is 0.126. The van der Waals surface area contributed by atoms with Gasteiger partial charge in [-0.2, -0.15) is 32.6 Å². The van der Waals surface area contributed by atoms with Crippen LogP contribution < -0.4 is 14.8 Å². The highest BCUT2D eigenvalue weighted by Crippen LogP contribution is 2.29. The lowest BCUT2D eigenvalue weighted by Crippen LogP contribution is -2.05. The van der Waals surface area contributed by atoms with Crippen LogP contribution in [0.5, 0.6) is 5.75 Å². The second kappa shape index (κ2) is 11.8. The van der Waals surface area contributed by atoms with Crippen LogP contribution in [0.1, 0.15) is 34.4 Å². The van der Waals surface area contributed by atoms with Gasteiger partial charge in [0, 0.05) is 23.0 Å². The van der Waals surface area contributed by atoms with E-state index in [1.807, 2.05) is 0 Å². The Morgan fingerprint density at radius 1 is 0.750 bits per heavy atom. The molecule has 2 heterocycles. The van der Waals surface area contributed by atoms with Crippen molar-refractivity contribution in [1.82, 2.24) is 29.9 Å². The first-order valence-electron chi connectivity index (χ1n) is 11.5. The maximum atomic E-state index is 12.2. The van der Waals surface area contributed by atoms with Crippen LogP contribution in [-0.2, 0) is 21.5 Å². The average molecular weight is 585 g/mol. The van der Waals surface area contributed by atoms with Gasteiger partial charge in [-0.15, -0.1) is 0 Å². The summed E-state index contributed by atoms with van der Waals surface area (Å²) in [5, 5.41) is 5.88. The van der Waals surface area contributed by atoms with E-state index < -0.39 is 21.5 Å². The van der Waals surface area contributed by atoms with Crippen LogP contribution in [0.3, 0.4) is 0 Å². The highest BCUT2D eigenvalue weighted by Gasteiger charge is 2.16. The number of aromatic nitrogens is 6. The van der Waals surface area contributed by atoms with E-state index in [9.17, 15) is 21.7 Å². The molecule has 208 valence electrons. The van der Waals surface area contributed by atoms with Gasteiger partial charge in [-0.05, 0) is 57.5 Å². The van der Waals surface area contributed by atoms with E-state index in [1.165, 1.54) is 30.4 Å². The van der Waals surface area contributed by atoms with Gasteiger partial charge in [-0.25, -0.2) is 9.97 Å². The van der Waals surface area contributed by atoms with E-state index in [2.05, 4.69) is 40.5 Å². The molecule has 0 aliphatic rings. The topological polar surface area (TPSA) is 202 Å². The van der Waals surface area contributed by atoms with Crippen molar-refractivity contribution in [2.24, 2.45) is 0 Å². The predicted octanol–water partition coefficient (Wildman–Crippen LogP) is 3.71. The Morgan fingerprint density at radius 2 is 1.20 bits per heavy atom. The van der Waals surface area contributed by atoms with E-state index >= 15 is 0 Å². The number of anilines is 4. The van der Waals surface area contributed by atoms with Gasteiger partial charge in [-0.1, -0.05) is 18.2 Å². The normalized spacial score (nSPS) is 12.3. The molecule has 4 N–H and O–H groups in total. The Labute approximate surface area is 232 Å². The number of hydrogen-bond donors (Lipinski definition) is 4. The molecule has 0 saturated carbocycles. The Hall–Kier alpha value is -4.38. The Bertz CT molecular complexity index is 1710. The second-order valence-corrected chi connectivity index (χ2v) is 10.4. The van der Waals surface area contributed by atoms with Crippen molar-refractivity contribution in [3.05, 3.63) is 70.8 Å². The number of hydrogen-bond acceptors (Lipinski definition) is 12. The number of nitrogens with zero attached hydrogens (tertiary/aromatic N) is 6. The molecule has 4 aromatic rings. The van der Waals surface area contributed by atoms with Gasteiger partial charge in [-0.3, -0.25) is 9.11 Å². The van der Waals surface area contributed by atoms with Crippen molar-refractivity contribution < 1.29 is 25.9 Å². The number of benzene rings is 2. The first kappa shape index (κ1) is 28.6. The van der Waals surface area contributed by atoms with Crippen molar-refractivity contribution in [3.8, 4) is 5.75 Å². The predicted molar refractivity (Wildman–Crippen MR) is 148 cm³/mol. The maximum Gasteiger partial charge on any atom is 0.357 e. The van der Waals surface area contributed by atoms with Gasteiger partial charge in [0.2, 0.25) is 11.9 Å². The smallest absolute Gasteiger partial charge is 0.357 e. The lowest BCUT2D eigenvalue weighted by Gasteiger charge is -2.11. The fourth-order valence-electron chi connectivity index (χ4n) is 3.65. The van der Waals surface area contributed by atoms with Crippen LogP contribution in [0.15, 0.2) is 41.3 Å². The van der Waals surface area contributed by atoms with Gasteiger partial charge in [0.15, 0.2) is 5.75 Å². The van der Waals surface area contributed by atoms with Crippen LogP contribution in [0.2, 0.25) is 0 Å². The zero-order valence-corrected chi connectivity index (χ0v) is 23.3. The number of aryl methyl sites for hydroxylation is 4. The second-order valence-electron chi connectivity index (χ2n) is 8.37. The van der Waals surface area contributed by atoms with Crippen LogP contribution in [0.25, 0.3) is 12.2 Å². The average Bonchev–Trinajstić information content (AvgIpc) is 2.82. The van der Waals surface area contributed by atoms with Crippen molar-refractivity contribution in [2.45, 2.75) is 32.6 Å². The lowest BCUT2D eigenvalue weighted by molar-refractivity contribution is 0.457. The van der Waals surface area contributed by atoms with Gasteiger partial charge >= 0.3 is 11.4 Å². The van der Waals surface area contributed by atoms with E-state index in [-0.39, 0.29) is 28.1 Å². The minimum atomic E-state index is -4.64. The zero-order valence-electron chi connectivity index (χ0n) is 21.6. The molecular weight excluding hydrogens is 560 g/mol. The summed E-state index contributed by atoms with van der Waals surface area (Å²) in [4.78, 5) is 24.5. The molecule has 0 fully saturated rings. The summed E-state index contributed by atoms with van der Waals surface area (Å²) in [6.07, 6.45) is 2.89. The molecule has 40 heavy (non-hydrogen) atoms. The summed E-state index contributed by atoms with van der Waals surface area (Å²) in [6.45, 7) is 6.82. The van der Waals surface area contributed by atoms with E-state index in [0.717, 1.165) is 0 Å². The standard InChI is InChI=1S/C24H24N8O6S2/c1-13-25-14(2)28-23(27-13)31-19-9-7-17(21(11-19)38-39(33)34)5-6-18-8-10-20(12-22(18)40(35,36)37)32-24-29-15(3)26-16(4)30-24/h5-12H,1-4H3,(H,33,34)(H,35,36,37)(H,25,27,28,31)(H,26,29,30,32). The van der Waals surface area contributed by atoms with Crippen LogP contribution in [0, 0.1) is 27.7 Å². The van der Waals surface area contributed by atoms with E-state index in [1.54, 1.807) is 45.9 Å². The highest BCUT2D eigenvalue weighted by molar-refractivity contribution is 7.86. The molecule has 0 bridgehead atoms. The molecule has 2 aromatic heterocycles. The maximum absolute atomic E-state index is 12.2. The van der Waals surface area contributed by atoms with Gasteiger partial charge in [0.25, 0.3) is 10.1 Å². The lowest BCUT2D eigenvalue weighted by atomic mass is 10.1. The monoisotopic (exact) mass is 584 g/mol. The van der Waals surface area contributed by atoms with Crippen molar-refractivity contribution >= 4 is 56.9 Å². The van der Waals surface area contributed by atoms with Crippen LogP contribution >= 0.6 is 0 Å². The first-order chi connectivity index (χ1) is 18.9.